The van der Waals surface area contributed by atoms with E-state index in [1.54, 1.807) is 6.92 Å². The Bertz CT molecular complexity index is 1090. The van der Waals surface area contributed by atoms with E-state index < -0.39 is 17.6 Å². The summed E-state index contributed by atoms with van der Waals surface area (Å²) in [7, 11) is 0. The predicted molar refractivity (Wildman–Crippen MR) is 104 cm³/mol. The largest absolute Gasteiger partial charge is 0.272 e. The molecule has 0 saturated heterocycles. The van der Waals surface area contributed by atoms with Crippen LogP contribution in [0.5, 0.6) is 0 Å². The number of amides is 2. The zero-order valence-electron chi connectivity index (χ0n) is 15.1. The molecule has 0 atom stereocenters. The van der Waals surface area contributed by atoms with Crippen LogP contribution in [0.25, 0.3) is 11.8 Å². The topological polar surface area (TPSA) is 76.0 Å². The molecule has 0 saturated carbocycles. The minimum Gasteiger partial charge on any atom is -0.268 e. The maximum absolute atomic E-state index is 13.6. The molecule has 0 radical (unpaired) electrons. The number of nitrogens with one attached hydrogen (secondary N) is 2. The molecule has 2 amide bonds. The van der Waals surface area contributed by atoms with E-state index in [0.29, 0.717) is 16.9 Å². The molecule has 0 spiro atoms. The number of rotatable bonds is 4. The molecule has 0 aliphatic rings. The lowest BCUT2D eigenvalue weighted by molar-refractivity contribution is -0.117. The monoisotopic (exact) mass is 416 g/mol. The molecule has 29 heavy (non-hydrogen) atoms. The van der Waals surface area contributed by atoms with Gasteiger partial charge in [0.25, 0.3) is 11.8 Å². The number of hydrazine groups is 1. The van der Waals surface area contributed by atoms with Gasteiger partial charge >= 0.3 is 0 Å². The predicted octanol–water partition coefficient (Wildman–Crippen LogP) is 3.59. The smallest absolute Gasteiger partial charge is 0.268 e. The third kappa shape index (κ3) is 4.67. The van der Waals surface area contributed by atoms with Gasteiger partial charge in [0, 0.05) is 11.6 Å². The first kappa shape index (κ1) is 20.2. The van der Waals surface area contributed by atoms with Crippen molar-refractivity contribution >= 4 is 29.5 Å². The zero-order valence-corrected chi connectivity index (χ0v) is 15.9. The van der Waals surface area contributed by atoms with Crippen molar-refractivity contribution in [2.24, 2.45) is 0 Å². The van der Waals surface area contributed by atoms with Crippen LogP contribution < -0.4 is 10.9 Å². The third-order valence-electron chi connectivity index (χ3n) is 3.94. The van der Waals surface area contributed by atoms with Gasteiger partial charge in [-0.2, -0.15) is 5.10 Å². The highest BCUT2D eigenvalue weighted by atomic mass is 35.5. The van der Waals surface area contributed by atoms with Gasteiger partial charge in [0.15, 0.2) is 0 Å². The molecule has 2 aromatic carbocycles. The van der Waals surface area contributed by atoms with Gasteiger partial charge in [0.05, 0.1) is 16.9 Å². The molecule has 3 aromatic rings. The molecule has 0 aliphatic carbocycles. The van der Waals surface area contributed by atoms with E-state index in [1.807, 2.05) is 0 Å². The maximum atomic E-state index is 13.6. The molecule has 0 unspecified atom stereocenters. The van der Waals surface area contributed by atoms with Crippen molar-refractivity contribution in [1.29, 1.82) is 0 Å². The molecule has 2 N–H and O–H groups in total. The summed E-state index contributed by atoms with van der Waals surface area (Å²) in [6, 6.07) is 11.0. The fourth-order valence-corrected chi connectivity index (χ4v) is 2.82. The van der Waals surface area contributed by atoms with Gasteiger partial charge in [-0.05, 0) is 49.4 Å². The molecule has 9 heteroatoms. The Morgan fingerprint density at radius 2 is 1.76 bits per heavy atom. The second-order valence-electron chi connectivity index (χ2n) is 5.93. The van der Waals surface area contributed by atoms with E-state index in [-0.39, 0.29) is 16.5 Å². The van der Waals surface area contributed by atoms with Crippen LogP contribution >= 0.6 is 11.6 Å². The highest BCUT2D eigenvalue weighted by Gasteiger charge is 2.14. The van der Waals surface area contributed by atoms with E-state index in [9.17, 15) is 18.4 Å². The average molecular weight is 417 g/mol. The van der Waals surface area contributed by atoms with Crippen molar-refractivity contribution in [2.45, 2.75) is 6.92 Å². The molecule has 0 aliphatic heterocycles. The Kier molecular flexibility index (Phi) is 6.04. The van der Waals surface area contributed by atoms with E-state index in [4.69, 9.17) is 11.6 Å². The van der Waals surface area contributed by atoms with Gasteiger partial charge in [0.1, 0.15) is 16.8 Å². The zero-order chi connectivity index (χ0) is 21.0. The summed E-state index contributed by atoms with van der Waals surface area (Å²) >= 11 is 6.32. The average Bonchev–Trinajstić information content (AvgIpc) is 2.99. The number of carbonyl (C=O) groups is 2. The number of nitrogens with zero attached hydrogens (tertiary/aromatic N) is 2. The summed E-state index contributed by atoms with van der Waals surface area (Å²) in [6.07, 6.45) is 2.57. The number of hydrogen-bond donors (Lipinski definition) is 2. The fourth-order valence-electron chi connectivity index (χ4n) is 2.49. The van der Waals surface area contributed by atoms with Gasteiger partial charge in [-0.3, -0.25) is 20.4 Å². The first-order valence-corrected chi connectivity index (χ1v) is 8.78. The van der Waals surface area contributed by atoms with Gasteiger partial charge in [-0.1, -0.05) is 23.7 Å². The van der Waals surface area contributed by atoms with E-state index in [2.05, 4.69) is 16.0 Å². The van der Waals surface area contributed by atoms with Crippen LogP contribution in [-0.2, 0) is 4.79 Å². The minimum absolute atomic E-state index is 0.198. The van der Waals surface area contributed by atoms with Crippen molar-refractivity contribution in [3.8, 4) is 5.69 Å². The van der Waals surface area contributed by atoms with Gasteiger partial charge in [-0.25, -0.2) is 13.5 Å². The van der Waals surface area contributed by atoms with Gasteiger partial charge < -0.3 is 0 Å². The second kappa shape index (κ2) is 8.66. The Morgan fingerprint density at radius 1 is 1.07 bits per heavy atom. The number of aromatic nitrogens is 2. The highest BCUT2D eigenvalue weighted by molar-refractivity contribution is 6.31. The molecule has 0 fully saturated rings. The molecule has 6 nitrogen and oxygen atoms in total. The van der Waals surface area contributed by atoms with Crippen LogP contribution in [0.4, 0.5) is 8.78 Å². The minimum atomic E-state index is -0.789. The first-order chi connectivity index (χ1) is 13.9. The van der Waals surface area contributed by atoms with E-state index in [0.717, 1.165) is 12.1 Å². The van der Waals surface area contributed by atoms with Crippen LogP contribution in [0.3, 0.4) is 0 Å². The number of benzene rings is 2. The van der Waals surface area contributed by atoms with Gasteiger partial charge in [0.2, 0.25) is 0 Å². The SMILES string of the molecule is Cc1nn(-c2ccc(F)cc2)c(Cl)c1/C=C/C(=O)NNC(=O)c1ccccc1F. The summed E-state index contributed by atoms with van der Waals surface area (Å²) in [6.45, 7) is 1.70. The molecule has 1 heterocycles. The normalized spacial score (nSPS) is 10.9. The highest BCUT2D eigenvalue weighted by Crippen LogP contribution is 2.24. The van der Waals surface area contributed by atoms with Crippen molar-refractivity contribution in [2.75, 3.05) is 0 Å². The standard InChI is InChI=1S/C20H15ClF2N4O2/c1-12-15(19(21)27(26-12)14-8-6-13(22)7-9-14)10-11-18(28)24-25-20(29)16-4-2-3-5-17(16)23/h2-11H,1H3,(H,24,28)(H,25,29)/b11-10+. The van der Waals surface area contributed by atoms with Crippen molar-refractivity contribution in [1.82, 2.24) is 20.6 Å². The van der Waals surface area contributed by atoms with E-state index >= 15 is 0 Å². The number of halogens is 3. The second-order valence-corrected chi connectivity index (χ2v) is 6.29. The van der Waals surface area contributed by atoms with Crippen LogP contribution in [-0.4, -0.2) is 21.6 Å². The third-order valence-corrected chi connectivity index (χ3v) is 4.30. The lowest BCUT2D eigenvalue weighted by atomic mass is 10.2. The van der Waals surface area contributed by atoms with Crippen LogP contribution in [0.1, 0.15) is 21.6 Å². The van der Waals surface area contributed by atoms with Crippen molar-refractivity contribution in [3.63, 3.8) is 0 Å². The van der Waals surface area contributed by atoms with Gasteiger partial charge in [-0.15, -0.1) is 0 Å². The maximum Gasteiger partial charge on any atom is 0.272 e. The van der Waals surface area contributed by atoms with Crippen LogP contribution in [0.15, 0.2) is 54.6 Å². The van der Waals surface area contributed by atoms with Crippen LogP contribution in [0, 0.1) is 18.6 Å². The summed E-state index contributed by atoms with van der Waals surface area (Å²) < 4.78 is 28.1. The Labute approximate surface area is 169 Å². The lowest BCUT2D eigenvalue weighted by Gasteiger charge is -2.05. The lowest BCUT2D eigenvalue weighted by Crippen LogP contribution is -2.41. The summed E-state index contributed by atoms with van der Waals surface area (Å²) in [5.74, 6) is -2.53. The summed E-state index contributed by atoms with van der Waals surface area (Å²) in [5.41, 5.74) is 5.66. The Balaban J connectivity index is 1.68. The fraction of sp³-hybridized carbons (Fsp3) is 0.0500. The molecule has 1 aromatic heterocycles. The van der Waals surface area contributed by atoms with Crippen molar-refractivity contribution in [3.05, 3.63) is 88.2 Å². The Morgan fingerprint density at radius 3 is 2.45 bits per heavy atom. The summed E-state index contributed by atoms with van der Waals surface area (Å²) in [5, 5.41) is 4.51. The van der Waals surface area contributed by atoms with Crippen molar-refractivity contribution < 1.29 is 18.4 Å². The van der Waals surface area contributed by atoms with E-state index in [1.165, 1.54) is 53.2 Å². The molecular formula is C20H15ClF2N4O2. The number of hydrogen-bond acceptors (Lipinski definition) is 3. The molecule has 3 rings (SSSR count). The number of carbonyl (C=O) groups excluding carboxylic acids is 2. The first-order valence-electron chi connectivity index (χ1n) is 8.41. The number of aryl methyl sites for hydroxylation is 1. The molecule has 148 valence electrons. The van der Waals surface area contributed by atoms with Crippen LogP contribution in [0.2, 0.25) is 5.15 Å². The molecule has 0 bridgehead atoms. The molecular weight excluding hydrogens is 402 g/mol. The Hall–Kier alpha value is -3.52. The quantitative estimate of drug-likeness (QED) is 0.504. The summed E-state index contributed by atoms with van der Waals surface area (Å²) in [4.78, 5) is 23.8.